The average molecular weight is 285 g/mol. The summed E-state index contributed by atoms with van der Waals surface area (Å²) in [5, 5.41) is 12.2. The second-order valence-electron chi connectivity index (χ2n) is 5.44. The molecule has 0 radical (unpaired) electrons. The Hall–Kier alpha value is -1.71. The van der Waals surface area contributed by atoms with Crippen molar-refractivity contribution in [3.63, 3.8) is 0 Å². The van der Waals surface area contributed by atoms with Crippen molar-refractivity contribution in [2.45, 2.75) is 45.4 Å². The quantitative estimate of drug-likeness (QED) is 0.613. The molecular formula is C18H23NO2. The topological polar surface area (TPSA) is 44.6 Å². The van der Waals surface area contributed by atoms with E-state index in [1.54, 1.807) is 30.3 Å². The van der Waals surface area contributed by atoms with Crippen molar-refractivity contribution in [1.82, 2.24) is 0 Å². The highest BCUT2D eigenvalue weighted by Gasteiger charge is 2.22. The lowest BCUT2D eigenvalue weighted by Crippen LogP contribution is -3.00. The van der Waals surface area contributed by atoms with Crippen LogP contribution in [0.1, 0.15) is 55.8 Å². The fraction of sp³-hybridized carbons (Fsp3) is 0.389. The summed E-state index contributed by atoms with van der Waals surface area (Å²) in [6.45, 7) is 2.20. The zero-order valence-corrected chi connectivity index (χ0v) is 12.6. The molecule has 1 atom stereocenters. The van der Waals surface area contributed by atoms with Crippen molar-refractivity contribution < 1.29 is 9.86 Å². The summed E-state index contributed by atoms with van der Waals surface area (Å²) in [6.07, 6.45) is 12.4. The van der Waals surface area contributed by atoms with Gasteiger partial charge < -0.3 is 10.3 Å². The molecule has 0 fully saturated rings. The minimum atomic E-state index is -0.0761. The van der Waals surface area contributed by atoms with Gasteiger partial charge in [0.1, 0.15) is 11.4 Å². The number of hydroxylamine groups is 1. The first-order valence-electron chi connectivity index (χ1n) is 7.80. The number of nitrogens with one attached hydrogen (secondary N) is 1. The summed E-state index contributed by atoms with van der Waals surface area (Å²) in [5.74, 6) is -0.0761. The van der Waals surface area contributed by atoms with Gasteiger partial charge in [-0.3, -0.25) is 4.79 Å². The first-order chi connectivity index (χ1) is 10.2. The highest BCUT2D eigenvalue weighted by molar-refractivity contribution is 6.08. The van der Waals surface area contributed by atoms with Gasteiger partial charge in [-0.1, -0.05) is 50.8 Å². The van der Waals surface area contributed by atoms with Crippen molar-refractivity contribution in [1.29, 1.82) is 0 Å². The number of benzene rings is 1. The van der Waals surface area contributed by atoms with Crippen LogP contribution in [0.3, 0.4) is 0 Å². The van der Waals surface area contributed by atoms with Gasteiger partial charge >= 0.3 is 0 Å². The SMILES string of the molecule is CCCCCCCC=CC1=CC(=O)c2ccccc2[NH+]1[O-]. The van der Waals surface area contributed by atoms with Crippen molar-refractivity contribution in [2.24, 2.45) is 0 Å². The standard InChI is InChI=1S/C18H23NO2/c1-2-3-4-5-6-7-8-11-15-14-18(20)16-12-9-10-13-17(16)19(15)21/h8-14,19H,2-7H2,1H3. The molecule has 2 rings (SSSR count). The van der Waals surface area contributed by atoms with E-state index < -0.39 is 0 Å². The first kappa shape index (κ1) is 15.7. The van der Waals surface area contributed by atoms with Crippen molar-refractivity contribution in [2.75, 3.05) is 0 Å². The summed E-state index contributed by atoms with van der Waals surface area (Å²) >= 11 is 0. The van der Waals surface area contributed by atoms with Gasteiger partial charge in [0.25, 0.3) is 0 Å². The minimum absolute atomic E-state index is 0.0487. The van der Waals surface area contributed by atoms with Crippen LogP contribution in [0.4, 0.5) is 5.69 Å². The maximum Gasteiger partial charge on any atom is 0.197 e. The highest BCUT2D eigenvalue weighted by atomic mass is 16.5. The third-order valence-corrected chi connectivity index (χ3v) is 3.76. The van der Waals surface area contributed by atoms with Crippen molar-refractivity contribution >= 4 is 11.5 Å². The molecule has 0 amide bonds. The molecule has 3 heteroatoms. The number of carbonyl (C=O) groups excluding carboxylic acids is 1. The number of allylic oxidation sites excluding steroid dienone is 3. The minimum Gasteiger partial charge on any atom is -0.623 e. The molecule has 0 aromatic heterocycles. The summed E-state index contributed by atoms with van der Waals surface area (Å²) in [7, 11) is 0. The lowest BCUT2D eigenvalue weighted by Gasteiger charge is -2.26. The van der Waals surface area contributed by atoms with Crippen LogP contribution in [0.25, 0.3) is 0 Å². The Morgan fingerprint density at radius 1 is 1.14 bits per heavy atom. The second kappa shape index (κ2) is 7.91. The number of quaternary nitrogens is 1. The fourth-order valence-corrected chi connectivity index (χ4v) is 2.54. The van der Waals surface area contributed by atoms with Gasteiger partial charge in [0, 0.05) is 12.1 Å². The lowest BCUT2D eigenvalue weighted by atomic mass is 10.0. The maximum absolute atomic E-state index is 12.3. The van der Waals surface area contributed by atoms with E-state index in [0.717, 1.165) is 12.8 Å². The predicted molar refractivity (Wildman–Crippen MR) is 85.4 cm³/mol. The van der Waals surface area contributed by atoms with Gasteiger partial charge in [0.2, 0.25) is 0 Å². The molecule has 1 aromatic rings. The van der Waals surface area contributed by atoms with Crippen LogP contribution in [0.2, 0.25) is 0 Å². The van der Waals surface area contributed by atoms with Crippen molar-refractivity contribution in [3.8, 4) is 0 Å². The third-order valence-electron chi connectivity index (χ3n) is 3.76. The van der Waals surface area contributed by atoms with Gasteiger partial charge in [-0.15, -0.1) is 0 Å². The number of rotatable bonds is 7. The van der Waals surface area contributed by atoms with E-state index in [1.807, 2.05) is 6.08 Å². The first-order valence-corrected chi connectivity index (χ1v) is 7.80. The van der Waals surface area contributed by atoms with Gasteiger partial charge in [-0.2, -0.15) is 0 Å². The molecule has 1 aliphatic rings. The smallest absolute Gasteiger partial charge is 0.197 e. The summed E-state index contributed by atoms with van der Waals surface area (Å²) in [6, 6.07) is 7.01. The number of fused-ring (bicyclic) bond motifs is 1. The molecule has 0 aliphatic carbocycles. The van der Waals surface area contributed by atoms with E-state index >= 15 is 0 Å². The molecule has 21 heavy (non-hydrogen) atoms. The Balaban J connectivity index is 1.91. The molecule has 0 saturated heterocycles. The lowest BCUT2D eigenvalue weighted by molar-refractivity contribution is -0.727. The third kappa shape index (κ3) is 4.13. The Bertz CT molecular complexity index is 546. The molecule has 1 N–H and O–H groups in total. The molecular weight excluding hydrogens is 262 g/mol. The van der Waals surface area contributed by atoms with Crippen LogP contribution >= 0.6 is 0 Å². The predicted octanol–water partition coefficient (Wildman–Crippen LogP) is 3.70. The van der Waals surface area contributed by atoms with E-state index in [9.17, 15) is 10.0 Å². The number of hydrogen-bond acceptors (Lipinski definition) is 2. The number of ketones is 1. The number of carbonyl (C=O) groups is 1. The summed E-state index contributed by atoms with van der Waals surface area (Å²) in [4.78, 5) is 12.0. The normalized spacial score (nSPS) is 17.9. The molecule has 1 unspecified atom stereocenters. The molecule has 3 nitrogen and oxygen atoms in total. The molecule has 0 bridgehead atoms. The average Bonchev–Trinajstić information content (AvgIpc) is 2.51. The van der Waals surface area contributed by atoms with Crippen LogP contribution in [0, 0.1) is 5.21 Å². The number of hydrogen-bond donors (Lipinski definition) is 1. The zero-order chi connectivity index (χ0) is 15.1. The maximum atomic E-state index is 12.3. The molecule has 0 spiro atoms. The summed E-state index contributed by atoms with van der Waals surface area (Å²) in [5.41, 5.74) is 1.54. The zero-order valence-electron chi connectivity index (χ0n) is 12.6. The van der Waals surface area contributed by atoms with Crippen LogP contribution in [0.5, 0.6) is 0 Å². The molecule has 1 heterocycles. The molecule has 1 aromatic carbocycles. The van der Waals surface area contributed by atoms with Crippen LogP contribution in [0.15, 0.2) is 48.2 Å². The molecule has 0 saturated carbocycles. The molecule has 112 valence electrons. The van der Waals surface area contributed by atoms with E-state index in [-0.39, 0.29) is 10.8 Å². The number of unbranched alkanes of at least 4 members (excludes halogenated alkanes) is 5. The van der Waals surface area contributed by atoms with Gasteiger partial charge in [-0.25, -0.2) is 0 Å². The van der Waals surface area contributed by atoms with Gasteiger partial charge in [-0.05, 0) is 25.0 Å². The number of para-hydroxylation sites is 1. The van der Waals surface area contributed by atoms with E-state index in [1.165, 1.54) is 31.8 Å². The molecule has 1 aliphatic heterocycles. The van der Waals surface area contributed by atoms with E-state index in [2.05, 4.69) is 6.92 Å². The Morgan fingerprint density at radius 2 is 1.90 bits per heavy atom. The Kier molecular flexibility index (Phi) is 5.90. The van der Waals surface area contributed by atoms with Crippen LogP contribution in [-0.4, -0.2) is 5.78 Å². The van der Waals surface area contributed by atoms with Crippen molar-refractivity contribution in [3.05, 3.63) is 59.0 Å². The van der Waals surface area contributed by atoms with E-state index in [4.69, 9.17) is 0 Å². The van der Waals surface area contributed by atoms with E-state index in [0.29, 0.717) is 16.9 Å². The summed E-state index contributed by atoms with van der Waals surface area (Å²) < 4.78 is 0. The van der Waals surface area contributed by atoms with Gasteiger partial charge in [0.15, 0.2) is 5.78 Å². The second-order valence-corrected chi connectivity index (χ2v) is 5.44. The van der Waals surface area contributed by atoms with Gasteiger partial charge in [0.05, 0.1) is 5.56 Å². The largest absolute Gasteiger partial charge is 0.623 e. The highest BCUT2D eigenvalue weighted by Crippen LogP contribution is 2.17. The van der Waals surface area contributed by atoms with Crippen LogP contribution in [-0.2, 0) is 0 Å². The fourth-order valence-electron chi connectivity index (χ4n) is 2.54. The Morgan fingerprint density at radius 3 is 2.71 bits per heavy atom. The van der Waals surface area contributed by atoms with Crippen LogP contribution < -0.4 is 5.06 Å². The monoisotopic (exact) mass is 285 g/mol. The Labute approximate surface area is 126 Å².